The van der Waals surface area contributed by atoms with Crippen LogP contribution in [0.4, 0.5) is 0 Å². The topological polar surface area (TPSA) is 66.8 Å². The predicted octanol–water partition coefficient (Wildman–Crippen LogP) is 0.897. The van der Waals surface area contributed by atoms with E-state index in [2.05, 4.69) is 11.3 Å². The van der Waals surface area contributed by atoms with Gasteiger partial charge >= 0.3 is 5.97 Å². The van der Waals surface area contributed by atoms with E-state index in [0.29, 0.717) is 5.56 Å². The molecular weight excluding hydrogens is 208 g/mol. The Bertz CT molecular complexity index is 369. The lowest BCUT2D eigenvalue weighted by Gasteiger charge is -2.15. The quantitative estimate of drug-likeness (QED) is 0.743. The molecule has 0 fully saturated rings. The summed E-state index contributed by atoms with van der Waals surface area (Å²) in [5.74, 6) is -0.861. The van der Waals surface area contributed by atoms with Crippen molar-refractivity contribution in [3.8, 4) is 0 Å². The Kier molecular flexibility index (Phi) is 4.22. The van der Waals surface area contributed by atoms with Gasteiger partial charge in [0, 0.05) is 0 Å². The van der Waals surface area contributed by atoms with Gasteiger partial charge in [-0.25, -0.2) is 4.79 Å². The number of esters is 1. The first-order chi connectivity index (χ1) is 7.60. The Hall–Kier alpha value is -1.65. The van der Waals surface area contributed by atoms with Crippen molar-refractivity contribution in [2.75, 3.05) is 7.11 Å². The number of hydrogen-bond donors (Lipinski definition) is 2. The lowest BCUT2D eigenvalue weighted by Crippen LogP contribution is -2.28. The minimum absolute atomic E-state index is 0.448. The van der Waals surface area contributed by atoms with Crippen LogP contribution >= 0.6 is 0 Å². The summed E-state index contributed by atoms with van der Waals surface area (Å²) in [5.41, 5.74) is 1.34. The zero-order chi connectivity index (χ0) is 12.1. The first kappa shape index (κ1) is 12.4. The summed E-state index contributed by atoms with van der Waals surface area (Å²) in [6.07, 6.45) is -1.20. The lowest BCUT2D eigenvalue weighted by molar-refractivity contribution is -0.156. The molecule has 1 aromatic rings. The second-order valence-corrected chi connectivity index (χ2v) is 3.28. The lowest BCUT2D eigenvalue weighted by atomic mass is 10.0. The second-order valence-electron chi connectivity index (χ2n) is 3.28. The van der Waals surface area contributed by atoms with E-state index in [1.54, 1.807) is 30.3 Å². The molecule has 16 heavy (non-hydrogen) atoms. The normalized spacial score (nSPS) is 13.9. The number of carbonyl (C=O) groups excluding carboxylic acids is 1. The molecule has 86 valence electrons. The Labute approximate surface area is 93.8 Å². The molecule has 0 bridgehead atoms. The number of aliphatic hydroxyl groups is 2. The van der Waals surface area contributed by atoms with Crippen molar-refractivity contribution < 1.29 is 19.7 Å². The average molecular weight is 222 g/mol. The Morgan fingerprint density at radius 2 is 1.94 bits per heavy atom. The summed E-state index contributed by atoms with van der Waals surface area (Å²) < 4.78 is 4.33. The molecule has 0 aliphatic heterocycles. The number of carbonyl (C=O) groups is 1. The number of benzene rings is 1. The molecule has 2 unspecified atom stereocenters. The van der Waals surface area contributed by atoms with E-state index in [1.807, 2.05) is 0 Å². The number of rotatable bonds is 4. The maximum absolute atomic E-state index is 11.0. The smallest absolute Gasteiger partial charge is 0.337 e. The van der Waals surface area contributed by atoms with E-state index < -0.39 is 18.2 Å². The van der Waals surface area contributed by atoms with Crippen molar-refractivity contribution in [1.29, 1.82) is 0 Å². The number of ether oxygens (including phenoxy) is 1. The fraction of sp³-hybridized carbons (Fsp3) is 0.250. The molecule has 1 rings (SSSR count). The Morgan fingerprint density at radius 3 is 2.38 bits per heavy atom. The molecule has 0 saturated heterocycles. The highest BCUT2D eigenvalue weighted by molar-refractivity contribution is 5.75. The Balaban J connectivity index is 2.83. The molecule has 2 atom stereocenters. The highest BCUT2D eigenvalue weighted by Crippen LogP contribution is 2.18. The highest BCUT2D eigenvalue weighted by atomic mass is 16.5. The maximum Gasteiger partial charge on any atom is 0.337 e. The van der Waals surface area contributed by atoms with E-state index in [9.17, 15) is 15.0 Å². The third-order valence-corrected chi connectivity index (χ3v) is 2.26. The van der Waals surface area contributed by atoms with Gasteiger partial charge in [0.05, 0.1) is 7.11 Å². The fourth-order valence-electron chi connectivity index (χ4n) is 1.26. The first-order valence-electron chi connectivity index (χ1n) is 4.76. The third kappa shape index (κ3) is 2.68. The van der Waals surface area contributed by atoms with Crippen molar-refractivity contribution in [3.63, 3.8) is 0 Å². The van der Waals surface area contributed by atoms with Gasteiger partial charge in [-0.1, -0.05) is 36.9 Å². The summed E-state index contributed by atoms with van der Waals surface area (Å²) in [5, 5.41) is 19.1. The van der Waals surface area contributed by atoms with Crippen molar-refractivity contribution in [2.24, 2.45) is 0 Å². The van der Waals surface area contributed by atoms with Crippen LogP contribution in [0.15, 0.2) is 30.8 Å². The van der Waals surface area contributed by atoms with Crippen LogP contribution in [0.5, 0.6) is 0 Å². The molecule has 4 nitrogen and oxygen atoms in total. The molecule has 0 heterocycles. The van der Waals surface area contributed by atoms with E-state index >= 15 is 0 Å². The summed E-state index contributed by atoms with van der Waals surface area (Å²) in [6, 6.07) is 6.70. The van der Waals surface area contributed by atoms with Crippen LogP contribution in [-0.2, 0) is 9.53 Å². The van der Waals surface area contributed by atoms with Crippen molar-refractivity contribution >= 4 is 12.0 Å². The predicted molar refractivity (Wildman–Crippen MR) is 59.5 cm³/mol. The van der Waals surface area contributed by atoms with Crippen LogP contribution in [0.25, 0.3) is 6.08 Å². The molecule has 2 N–H and O–H groups in total. The first-order valence-corrected chi connectivity index (χ1v) is 4.76. The second kappa shape index (κ2) is 5.44. The van der Waals surface area contributed by atoms with E-state index in [-0.39, 0.29) is 0 Å². The van der Waals surface area contributed by atoms with E-state index in [0.717, 1.165) is 12.7 Å². The minimum Gasteiger partial charge on any atom is -0.467 e. The number of hydrogen-bond acceptors (Lipinski definition) is 4. The summed E-state index contributed by atoms with van der Waals surface area (Å²) >= 11 is 0. The molecule has 0 aliphatic rings. The molecule has 0 saturated carbocycles. The van der Waals surface area contributed by atoms with Gasteiger partial charge in [0.15, 0.2) is 6.10 Å². The third-order valence-electron chi connectivity index (χ3n) is 2.26. The SMILES string of the molecule is C=Cc1ccc(C(O)C(O)C(=O)OC)cc1. The Morgan fingerprint density at radius 1 is 1.38 bits per heavy atom. The van der Waals surface area contributed by atoms with E-state index in [1.165, 1.54) is 0 Å². The van der Waals surface area contributed by atoms with Gasteiger partial charge in [-0.3, -0.25) is 0 Å². The maximum atomic E-state index is 11.0. The zero-order valence-electron chi connectivity index (χ0n) is 8.96. The molecule has 0 aliphatic carbocycles. The van der Waals surface area contributed by atoms with Gasteiger partial charge in [-0.15, -0.1) is 0 Å². The fourth-order valence-corrected chi connectivity index (χ4v) is 1.26. The molecule has 1 aromatic carbocycles. The van der Waals surface area contributed by atoms with Gasteiger partial charge in [-0.05, 0) is 11.1 Å². The number of aliphatic hydroxyl groups excluding tert-OH is 2. The zero-order valence-corrected chi connectivity index (χ0v) is 8.96. The number of methoxy groups -OCH3 is 1. The molecule has 0 radical (unpaired) electrons. The van der Waals surface area contributed by atoms with Gasteiger partial charge in [0.1, 0.15) is 6.10 Å². The van der Waals surface area contributed by atoms with Crippen molar-refractivity contribution in [3.05, 3.63) is 42.0 Å². The van der Waals surface area contributed by atoms with Crippen molar-refractivity contribution in [2.45, 2.75) is 12.2 Å². The van der Waals surface area contributed by atoms with Gasteiger partial charge < -0.3 is 14.9 Å². The van der Waals surface area contributed by atoms with Crippen LogP contribution in [-0.4, -0.2) is 29.4 Å². The van der Waals surface area contributed by atoms with Gasteiger partial charge in [0.2, 0.25) is 0 Å². The molecule has 0 amide bonds. The van der Waals surface area contributed by atoms with E-state index in [4.69, 9.17) is 0 Å². The standard InChI is InChI=1S/C12H14O4/c1-3-8-4-6-9(7-5-8)10(13)11(14)12(15)16-2/h3-7,10-11,13-14H,1H2,2H3. The molecule has 0 aromatic heterocycles. The molecule has 4 heteroatoms. The van der Waals surface area contributed by atoms with Crippen LogP contribution in [0.2, 0.25) is 0 Å². The van der Waals surface area contributed by atoms with Crippen LogP contribution in [0.3, 0.4) is 0 Å². The largest absolute Gasteiger partial charge is 0.467 e. The van der Waals surface area contributed by atoms with Crippen LogP contribution < -0.4 is 0 Å². The highest BCUT2D eigenvalue weighted by Gasteiger charge is 2.26. The van der Waals surface area contributed by atoms with Crippen molar-refractivity contribution in [1.82, 2.24) is 0 Å². The summed E-state index contributed by atoms with van der Waals surface area (Å²) in [6.45, 7) is 3.60. The minimum atomic E-state index is -1.57. The molecular formula is C12H14O4. The summed E-state index contributed by atoms with van der Waals surface area (Å²) in [7, 11) is 1.15. The van der Waals surface area contributed by atoms with Gasteiger partial charge in [0.25, 0.3) is 0 Å². The monoisotopic (exact) mass is 222 g/mol. The van der Waals surface area contributed by atoms with Crippen LogP contribution in [0, 0.1) is 0 Å². The summed E-state index contributed by atoms with van der Waals surface area (Å²) in [4.78, 5) is 11.0. The van der Waals surface area contributed by atoms with Crippen LogP contribution in [0.1, 0.15) is 17.2 Å². The average Bonchev–Trinajstić information content (AvgIpc) is 2.36. The van der Waals surface area contributed by atoms with Gasteiger partial charge in [-0.2, -0.15) is 0 Å². The molecule has 0 spiro atoms.